The Morgan fingerprint density at radius 3 is 2.32 bits per heavy atom. The monoisotopic (exact) mass is 312 g/mol. The summed E-state index contributed by atoms with van der Waals surface area (Å²) in [5, 5.41) is 10.2. The van der Waals surface area contributed by atoms with E-state index in [1.165, 1.54) is 12.8 Å². The van der Waals surface area contributed by atoms with Crippen LogP contribution in [0.2, 0.25) is 0 Å². The highest BCUT2D eigenvalue weighted by Gasteiger charge is 2.30. The molecule has 1 aliphatic heterocycles. The van der Waals surface area contributed by atoms with Crippen LogP contribution in [0.4, 0.5) is 0 Å². The highest BCUT2D eigenvalue weighted by atomic mass is 16.5. The van der Waals surface area contributed by atoms with Crippen LogP contribution in [0.1, 0.15) is 40.5 Å². The third-order valence-corrected chi connectivity index (χ3v) is 4.74. The molecule has 1 aliphatic carbocycles. The predicted octanol–water partition coefficient (Wildman–Crippen LogP) is 1.35. The average Bonchev–Trinajstić information content (AvgIpc) is 3.28. The van der Waals surface area contributed by atoms with Crippen molar-refractivity contribution in [1.29, 1.82) is 0 Å². The van der Waals surface area contributed by atoms with Gasteiger partial charge in [0.15, 0.2) is 0 Å². The Labute approximate surface area is 134 Å². The summed E-state index contributed by atoms with van der Waals surface area (Å²) in [7, 11) is 0. The van der Waals surface area contributed by atoms with Gasteiger partial charge in [-0.15, -0.1) is 0 Å². The Balaban J connectivity index is 1.70. The van der Waals surface area contributed by atoms with Crippen LogP contribution in [-0.4, -0.2) is 72.4 Å². The van der Waals surface area contributed by atoms with Crippen molar-refractivity contribution in [2.45, 2.75) is 52.7 Å². The Hall–Kier alpha value is -0.650. The number of carbonyl (C=O) groups is 1. The number of aliphatic hydroxyl groups excluding tert-OH is 1. The highest BCUT2D eigenvalue weighted by Crippen LogP contribution is 2.29. The molecule has 22 heavy (non-hydrogen) atoms. The van der Waals surface area contributed by atoms with Crippen molar-refractivity contribution in [3.8, 4) is 0 Å². The van der Waals surface area contributed by atoms with Crippen LogP contribution in [0, 0.1) is 11.3 Å². The van der Waals surface area contributed by atoms with Gasteiger partial charge in [0.1, 0.15) is 6.10 Å². The van der Waals surface area contributed by atoms with Gasteiger partial charge >= 0.3 is 0 Å². The molecule has 1 N–H and O–H groups in total. The lowest BCUT2D eigenvalue weighted by molar-refractivity contribution is -0.145. The van der Waals surface area contributed by atoms with E-state index in [1.54, 1.807) is 0 Å². The zero-order valence-corrected chi connectivity index (χ0v) is 14.5. The first kappa shape index (κ1) is 17.7. The van der Waals surface area contributed by atoms with Crippen molar-refractivity contribution in [3.63, 3.8) is 0 Å². The van der Waals surface area contributed by atoms with E-state index in [1.807, 2.05) is 11.8 Å². The summed E-state index contributed by atoms with van der Waals surface area (Å²) in [6, 6.07) is 0. The molecule has 5 heteroatoms. The molecule has 0 spiro atoms. The number of rotatable bonds is 6. The molecule has 1 heterocycles. The predicted molar refractivity (Wildman–Crippen MR) is 86.6 cm³/mol. The first-order chi connectivity index (χ1) is 10.3. The van der Waals surface area contributed by atoms with Crippen molar-refractivity contribution in [3.05, 3.63) is 0 Å². The van der Waals surface area contributed by atoms with Gasteiger partial charge in [0.2, 0.25) is 0 Å². The molecular formula is C17H32N2O3. The number of nitrogens with zero attached hydrogens (tertiary/aromatic N) is 2. The van der Waals surface area contributed by atoms with Crippen LogP contribution in [0.3, 0.4) is 0 Å². The molecule has 1 saturated heterocycles. The normalized spacial score (nSPS) is 23.4. The van der Waals surface area contributed by atoms with Gasteiger partial charge in [-0.2, -0.15) is 0 Å². The lowest BCUT2D eigenvalue weighted by Gasteiger charge is -2.38. The molecular weight excluding hydrogens is 280 g/mol. The molecule has 0 aromatic carbocycles. The molecule has 2 rings (SSSR count). The minimum Gasteiger partial charge on any atom is -0.391 e. The Kier molecular flexibility index (Phi) is 5.86. The van der Waals surface area contributed by atoms with E-state index in [4.69, 9.17) is 4.74 Å². The number of hydrogen-bond donors (Lipinski definition) is 1. The maximum Gasteiger partial charge on any atom is 0.251 e. The van der Waals surface area contributed by atoms with E-state index in [-0.39, 0.29) is 23.5 Å². The molecule has 0 aromatic heterocycles. The van der Waals surface area contributed by atoms with Gasteiger partial charge in [-0.05, 0) is 31.1 Å². The molecule has 2 aliphatic rings. The fraction of sp³-hybridized carbons (Fsp3) is 0.941. The van der Waals surface area contributed by atoms with Crippen LogP contribution in [0.25, 0.3) is 0 Å². The molecule has 5 nitrogen and oxygen atoms in total. The van der Waals surface area contributed by atoms with Crippen molar-refractivity contribution >= 4 is 5.91 Å². The second kappa shape index (κ2) is 7.28. The van der Waals surface area contributed by atoms with E-state index in [0.29, 0.717) is 12.5 Å². The largest absolute Gasteiger partial charge is 0.391 e. The molecule has 1 saturated carbocycles. The minimum atomic E-state index is -0.337. The van der Waals surface area contributed by atoms with Crippen molar-refractivity contribution in [1.82, 2.24) is 9.80 Å². The molecule has 2 fully saturated rings. The summed E-state index contributed by atoms with van der Waals surface area (Å²) < 4.78 is 5.67. The molecule has 0 aromatic rings. The topological polar surface area (TPSA) is 53.0 Å². The van der Waals surface area contributed by atoms with Gasteiger partial charge in [-0.3, -0.25) is 9.69 Å². The van der Waals surface area contributed by atoms with Gasteiger partial charge in [-0.25, -0.2) is 0 Å². The lowest BCUT2D eigenvalue weighted by Crippen LogP contribution is -2.53. The number of piperazine rings is 1. The number of hydrogen-bond acceptors (Lipinski definition) is 4. The first-order valence-electron chi connectivity index (χ1n) is 8.58. The van der Waals surface area contributed by atoms with Crippen LogP contribution in [0.5, 0.6) is 0 Å². The number of β-amino-alcohol motifs (C(OH)–C–C–N with tert-alkyl or cyclic N) is 1. The van der Waals surface area contributed by atoms with Crippen molar-refractivity contribution < 1.29 is 14.6 Å². The second-order valence-electron chi connectivity index (χ2n) is 7.93. The van der Waals surface area contributed by atoms with Gasteiger partial charge in [0, 0.05) is 32.7 Å². The molecule has 128 valence electrons. The lowest BCUT2D eigenvalue weighted by atomic mass is 9.89. The SMILES string of the molecule is C[C@@H](OCC1CC1)C(=O)N1CCN(C[C@H](O)C(C)(C)C)CC1. The van der Waals surface area contributed by atoms with Gasteiger partial charge in [0.25, 0.3) is 5.91 Å². The third kappa shape index (κ3) is 5.21. The number of aliphatic hydroxyl groups is 1. The minimum absolute atomic E-state index is 0.0991. The van der Waals surface area contributed by atoms with Gasteiger partial charge in [0.05, 0.1) is 12.7 Å². The third-order valence-electron chi connectivity index (χ3n) is 4.74. The molecule has 2 atom stereocenters. The maximum absolute atomic E-state index is 12.4. The van der Waals surface area contributed by atoms with Gasteiger partial charge in [-0.1, -0.05) is 20.8 Å². The average molecular weight is 312 g/mol. The van der Waals surface area contributed by atoms with E-state index in [2.05, 4.69) is 25.7 Å². The van der Waals surface area contributed by atoms with E-state index in [0.717, 1.165) is 32.8 Å². The number of carbonyl (C=O) groups excluding carboxylic acids is 1. The van der Waals surface area contributed by atoms with Crippen molar-refractivity contribution in [2.75, 3.05) is 39.3 Å². The van der Waals surface area contributed by atoms with Crippen LogP contribution in [0.15, 0.2) is 0 Å². The fourth-order valence-electron chi connectivity index (χ4n) is 2.56. The standard InChI is InChI=1S/C17H32N2O3/c1-13(22-12-14-5-6-14)16(21)19-9-7-18(8-10-19)11-15(20)17(2,3)4/h13-15,20H,5-12H2,1-4H3/t13-,15+/m1/s1. The van der Waals surface area contributed by atoms with Crippen LogP contribution < -0.4 is 0 Å². The summed E-state index contributed by atoms with van der Waals surface area (Å²) in [5.41, 5.74) is -0.0991. The quantitative estimate of drug-likeness (QED) is 0.804. The number of amides is 1. The molecule has 0 radical (unpaired) electrons. The Morgan fingerprint density at radius 1 is 1.23 bits per heavy atom. The maximum atomic E-state index is 12.4. The molecule has 0 unspecified atom stereocenters. The zero-order valence-electron chi connectivity index (χ0n) is 14.5. The van der Waals surface area contributed by atoms with Gasteiger partial charge < -0.3 is 14.7 Å². The van der Waals surface area contributed by atoms with E-state index in [9.17, 15) is 9.90 Å². The fourth-order valence-corrected chi connectivity index (χ4v) is 2.56. The molecule has 1 amide bonds. The zero-order chi connectivity index (χ0) is 16.3. The smallest absolute Gasteiger partial charge is 0.251 e. The summed E-state index contributed by atoms with van der Waals surface area (Å²) >= 11 is 0. The summed E-state index contributed by atoms with van der Waals surface area (Å²) in [4.78, 5) is 16.5. The second-order valence-corrected chi connectivity index (χ2v) is 7.93. The Morgan fingerprint density at radius 2 is 1.82 bits per heavy atom. The van der Waals surface area contributed by atoms with Crippen LogP contribution in [-0.2, 0) is 9.53 Å². The van der Waals surface area contributed by atoms with E-state index >= 15 is 0 Å². The van der Waals surface area contributed by atoms with Crippen LogP contribution >= 0.6 is 0 Å². The Bertz CT molecular complexity index is 369. The highest BCUT2D eigenvalue weighted by molar-refractivity contribution is 5.80. The first-order valence-corrected chi connectivity index (χ1v) is 8.58. The summed E-state index contributed by atoms with van der Waals surface area (Å²) in [6.45, 7) is 12.5. The van der Waals surface area contributed by atoms with Crippen molar-refractivity contribution in [2.24, 2.45) is 11.3 Å². The summed E-state index contributed by atoms with van der Waals surface area (Å²) in [5.74, 6) is 0.794. The summed E-state index contributed by atoms with van der Waals surface area (Å²) in [6.07, 6.45) is 1.83. The molecule has 0 bridgehead atoms. The number of ether oxygens (including phenoxy) is 1. The van der Waals surface area contributed by atoms with E-state index < -0.39 is 0 Å².